The third-order valence-electron chi connectivity index (χ3n) is 3.82. The number of hydrogen-bond donors (Lipinski definition) is 1. The smallest absolute Gasteiger partial charge is 0.238 e. The topological polar surface area (TPSA) is 32.3 Å². The van der Waals surface area contributed by atoms with Crippen molar-refractivity contribution in [2.24, 2.45) is 0 Å². The fourth-order valence-corrected chi connectivity index (χ4v) is 2.93. The van der Waals surface area contributed by atoms with Gasteiger partial charge in [0.2, 0.25) is 5.91 Å². The molecule has 0 aromatic heterocycles. The Morgan fingerprint density at radius 1 is 1.22 bits per heavy atom. The Morgan fingerprint density at radius 2 is 1.96 bits per heavy atom. The summed E-state index contributed by atoms with van der Waals surface area (Å²) in [6, 6.07) is 14.5. The Hall–Kier alpha value is -1.72. The van der Waals surface area contributed by atoms with Crippen LogP contribution in [0.15, 0.2) is 53.0 Å². The van der Waals surface area contributed by atoms with Crippen LogP contribution in [0.3, 0.4) is 0 Å². The molecule has 1 N–H and O–H groups in total. The standard InChI is InChI=1S/C18H18BrFN2O/c19-14-2-1-3-16(10-14)21-18(23)12-22(17-8-9-17)11-13-4-6-15(20)7-5-13/h1-7,10,17H,8-9,11-12H2,(H,21,23). The summed E-state index contributed by atoms with van der Waals surface area (Å²) in [6.45, 7) is 1.01. The highest BCUT2D eigenvalue weighted by molar-refractivity contribution is 9.10. The zero-order valence-electron chi connectivity index (χ0n) is 12.6. The molecule has 5 heteroatoms. The molecule has 0 aliphatic heterocycles. The van der Waals surface area contributed by atoms with Gasteiger partial charge in [0.25, 0.3) is 0 Å². The molecule has 3 rings (SSSR count). The maximum absolute atomic E-state index is 13.0. The first-order valence-electron chi connectivity index (χ1n) is 7.64. The Balaban J connectivity index is 1.60. The van der Waals surface area contributed by atoms with E-state index in [-0.39, 0.29) is 11.7 Å². The second kappa shape index (κ2) is 7.23. The molecule has 0 bridgehead atoms. The lowest BCUT2D eigenvalue weighted by atomic mass is 10.2. The van der Waals surface area contributed by atoms with Crippen LogP contribution < -0.4 is 5.32 Å². The first kappa shape index (κ1) is 16.1. The number of anilines is 1. The number of hydrogen-bond acceptors (Lipinski definition) is 2. The van der Waals surface area contributed by atoms with E-state index in [2.05, 4.69) is 26.1 Å². The SMILES string of the molecule is O=C(CN(Cc1ccc(F)cc1)C1CC1)Nc1cccc(Br)c1. The lowest BCUT2D eigenvalue weighted by Crippen LogP contribution is -2.34. The highest BCUT2D eigenvalue weighted by Gasteiger charge is 2.30. The Bertz CT molecular complexity index is 686. The van der Waals surface area contributed by atoms with E-state index in [1.165, 1.54) is 12.1 Å². The molecule has 1 aliphatic carbocycles. The lowest BCUT2D eigenvalue weighted by molar-refractivity contribution is -0.117. The van der Waals surface area contributed by atoms with Crippen LogP contribution in [-0.2, 0) is 11.3 Å². The molecule has 120 valence electrons. The van der Waals surface area contributed by atoms with Crippen molar-refractivity contribution in [1.82, 2.24) is 4.90 Å². The minimum absolute atomic E-state index is 0.0305. The molecule has 0 saturated heterocycles. The zero-order chi connectivity index (χ0) is 16.2. The molecule has 1 saturated carbocycles. The fourth-order valence-electron chi connectivity index (χ4n) is 2.53. The monoisotopic (exact) mass is 376 g/mol. The summed E-state index contributed by atoms with van der Waals surface area (Å²) < 4.78 is 13.9. The van der Waals surface area contributed by atoms with Crippen molar-refractivity contribution in [3.8, 4) is 0 Å². The van der Waals surface area contributed by atoms with Gasteiger partial charge in [-0.15, -0.1) is 0 Å². The van der Waals surface area contributed by atoms with E-state index in [4.69, 9.17) is 0 Å². The quantitative estimate of drug-likeness (QED) is 0.819. The average molecular weight is 377 g/mol. The summed E-state index contributed by atoms with van der Waals surface area (Å²) >= 11 is 3.39. The second-order valence-electron chi connectivity index (χ2n) is 5.82. The zero-order valence-corrected chi connectivity index (χ0v) is 14.2. The first-order chi connectivity index (χ1) is 11.1. The van der Waals surface area contributed by atoms with Crippen LogP contribution >= 0.6 is 15.9 Å². The van der Waals surface area contributed by atoms with Crippen molar-refractivity contribution in [1.29, 1.82) is 0 Å². The van der Waals surface area contributed by atoms with Crippen LogP contribution in [0.4, 0.5) is 10.1 Å². The van der Waals surface area contributed by atoms with Gasteiger partial charge >= 0.3 is 0 Å². The maximum atomic E-state index is 13.0. The van der Waals surface area contributed by atoms with Crippen molar-refractivity contribution in [3.63, 3.8) is 0 Å². The van der Waals surface area contributed by atoms with Crippen LogP contribution in [0.5, 0.6) is 0 Å². The van der Waals surface area contributed by atoms with Gasteiger partial charge in [0.15, 0.2) is 0 Å². The molecule has 0 spiro atoms. The van der Waals surface area contributed by atoms with Gasteiger partial charge in [0.1, 0.15) is 5.82 Å². The van der Waals surface area contributed by atoms with Crippen molar-refractivity contribution in [3.05, 3.63) is 64.4 Å². The molecule has 0 unspecified atom stereocenters. The van der Waals surface area contributed by atoms with E-state index in [1.807, 2.05) is 24.3 Å². The third kappa shape index (κ3) is 4.88. The van der Waals surface area contributed by atoms with Crippen molar-refractivity contribution >= 4 is 27.5 Å². The van der Waals surface area contributed by atoms with Crippen molar-refractivity contribution in [2.75, 3.05) is 11.9 Å². The molecule has 23 heavy (non-hydrogen) atoms. The minimum Gasteiger partial charge on any atom is -0.325 e. The van der Waals surface area contributed by atoms with Crippen LogP contribution in [0.25, 0.3) is 0 Å². The summed E-state index contributed by atoms with van der Waals surface area (Å²) in [5, 5.41) is 2.92. The van der Waals surface area contributed by atoms with Gasteiger partial charge < -0.3 is 5.32 Å². The number of nitrogens with zero attached hydrogens (tertiary/aromatic N) is 1. The van der Waals surface area contributed by atoms with E-state index in [0.717, 1.165) is 28.6 Å². The van der Waals surface area contributed by atoms with Gasteiger partial charge in [-0.1, -0.05) is 34.1 Å². The van der Waals surface area contributed by atoms with Crippen molar-refractivity contribution in [2.45, 2.75) is 25.4 Å². The molecule has 1 fully saturated rings. The number of amides is 1. The van der Waals surface area contributed by atoms with Crippen LogP contribution in [0.2, 0.25) is 0 Å². The summed E-state index contributed by atoms with van der Waals surface area (Å²) in [5.41, 5.74) is 1.80. The van der Waals surface area contributed by atoms with Crippen LogP contribution in [-0.4, -0.2) is 23.4 Å². The second-order valence-corrected chi connectivity index (χ2v) is 6.74. The van der Waals surface area contributed by atoms with Gasteiger partial charge in [-0.25, -0.2) is 4.39 Å². The van der Waals surface area contributed by atoms with Gasteiger partial charge in [-0.2, -0.15) is 0 Å². The lowest BCUT2D eigenvalue weighted by Gasteiger charge is -2.21. The number of nitrogens with one attached hydrogen (secondary N) is 1. The van der Waals surface area contributed by atoms with E-state index in [9.17, 15) is 9.18 Å². The van der Waals surface area contributed by atoms with Gasteiger partial charge in [0.05, 0.1) is 6.54 Å². The number of carbonyl (C=O) groups excluding carboxylic acids is 1. The normalized spacial score (nSPS) is 14.0. The first-order valence-corrected chi connectivity index (χ1v) is 8.43. The van der Waals surface area contributed by atoms with Crippen LogP contribution in [0.1, 0.15) is 18.4 Å². The molecule has 0 heterocycles. The summed E-state index contributed by atoms with van der Waals surface area (Å²) in [5.74, 6) is -0.267. The Morgan fingerprint density at radius 3 is 2.61 bits per heavy atom. The van der Waals surface area contributed by atoms with E-state index >= 15 is 0 Å². The molecular weight excluding hydrogens is 359 g/mol. The Labute approximate surface area is 143 Å². The van der Waals surface area contributed by atoms with E-state index in [1.54, 1.807) is 12.1 Å². The number of benzene rings is 2. The number of rotatable bonds is 6. The molecular formula is C18H18BrFN2O. The third-order valence-corrected chi connectivity index (χ3v) is 4.31. The molecule has 1 amide bonds. The molecule has 0 atom stereocenters. The number of halogens is 2. The average Bonchev–Trinajstić information content (AvgIpc) is 3.33. The predicted molar refractivity (Wildman–Crippen MR) is 92.6 cm³/mol. The molecule has 0 radical (unpaired) electrons. The highest BCUT2D eigenvalue weighted by atomic mass is 79.9. The largest absolute Gasteiger partial charge is 0.325 e. The minimum atomic E-state index is -0.237. The van der Waals surface area contributed by atoms with Gasteiger partial charge in [0, 0.05) is 22.7 Å². The number of carbonyl (C=O) groups is 1. The molecule has 2 aromatic rings. The van der Waals surface area contributed by atoms with E-state index < -0.39 is 0 Å². The maximum Gasteiger partial charge on any atom is 0.238 e. The summed E-state index contributed by atoms with van der Waals surface area (Å²) in [6.07, 6.45) is 2.23. The summed E-state index contributed by atoms with van der Waals surface area (Å²) in [7, 11) is 0. The predicted octanol–water partition coefficient (Wildman–Crippen LogP) is 4.19. The molecule has 3 nitrogen and oxygen atoms in total. The van der Waals surface area contributed by atoms with Gasteiger partial charge in [-0.3, -0.25) is 9.69 Å². The Kier molecular flexibility index (Phi) is 5.08. The molecule has 2 aromatic carbocycles. The van der Waals surface area contributed by atoms with Gasteiger partial charge in [-0.05, 0) is 48.7 Å². The fraction of sp³-hybridized carbons (Fsp3) is 0.278. The molecule has 1 aliphatic rings. The van der Waals surface area contributed by atoms with Crippen LogP contribution in [0, 0.1) is 5.82 Å². The van der Waals surface area contributed by atoms with Crippen molar-refractivity contribution < 1.29 is 9.18 Å². The van der Waals surface area contributed by atoms with E-state index in [0.29, 0.717) is 19.1 Å². The highest BCUT2D eigenvalue weighted by Crippen LogP contribution is 2.28. The summed E-state index contributed by atoms with van der Waals surface area (Å²) in [4.78, 5) is 14.4.